The van der Waals surface area contributed by atoms with E-state index in [0.717, 1.165) is 0 Å². The minimum atomic E-state index is -1.82. The second kappa shape index (κ2) is 22.3. The van der Waals surface area contributed by atoms with Gasteiger partial charge in [0.2, 0.25) is 28.9 Å². The molecular formula is C37H54O16. The third-order valence-electron chi connectivity index (χ3n) is 7.41. The van der Waals surface area contributed by atoms with E-state index in [1.54, 1.807) is 47.6 Å². The summed E-state index contributed by atoms with van der Waals surface area (Å²) in [5, 5.41) is 0. The molecule has 3 saturated heterocycles. The Morgan fingerprint density at radius 3 is 1.57 bits per heavy atom. The van der Waals surface area contributed by atoms with Crippen LogP contribution >= 0.6 is 0 Å². The van der Waals surface area contributed by atoms with Crippen LogP contribution in [-0.2, 0) is 76.3 Å². The molecule has 3 rings (SSSR count). The molecule has 4 unspecified atom stereocenters. The topological polar surface area (TPSA) is 210 Å². The predicted octanol–water partition coefficient (Wildman–Crippen LogP) is 4.80. The molecule has 3 aliphatic rings. The lowest BCUT2D eigenvalue weighted by molar-refractivity contribution is -0.224. The minimum absolute atomic E-state index is 0.0494. The molecule has 3 aliphatic heterocycles. The Balaban J connectivity index is 0.000000699. The number of cyclic esters (lactones) is 2. The van der Waals surface area contributed by atoms with Gasteiger partial charge in [-0.05, 0) is 66.7 Å². The van der Waals surface area contributed by atoms with E-state index in [9.17, 15) is 38.4 Å². The SMILES string of the molecule is C/C=C1\OC(C)CC1=O.C/C=C1\OC(CC)(C(C)=O)OC1=O.C/C=C1\OC(CCC(C)=O)(C(=O)OCC)OC1=O.CCOC(CC)(OC(C)=O)C(C)=O. The van der Waals surface area contributed by atoms with Crippen LogP contribution in [0.15, 0.2) is 35.5 Å². The molecule has 298 valence electrons. The van der Waals surface area contributed by atoms with Gasteiger partial charge in [-0.1, -0.05) is 13.8 Å². The lowest BCUT2D eigenvalue weighted by atomic mass is 10.1. The summed E-state index contributed by atoms with van der Waals surface area (Å²) in [6.07, 6.45) is 5.89. The molecule has 0 aliphatic carbocycles. The van der Waals surface area contributed by atoms with E-state index >= 15 is 0 Å². The third kappa shape index (κ3) is 13.9. The first-order valence-corrected chi connectivity index (χ1v) is 17.3. The van der Waals surface area contributed by atoms with Gasteiger partial charge in [0.05, 0.1) is 13.0 Å². The van der Waals surface area contributed by atoms with Crippen LogP contribution in [0.4, 0.5) is 0 Å². The zero-order valence-electron chi connectivity index (χ0n) is 32.8. The van der Waals surface area contributed by atoms with Crippen LogP contribution in [0.1, 0.15) is 115 Å². The van der Waals surface area contributed by atoms with Crippen LogP contribution in [0.25, 0.3) is 0 Å². The summed E-state index contributed by atoms with van der Waals surface area (Å²) < 4.78 is 40.2. The summed E-state index contributed by atoms with van der Waals surface area (Å²) in [5.41, 5.74) is 0. The van der Waals surface area contributed by atoms with Crippen molar-refractivity contribution in [2.24, 2.45) is 0 Å². The minimum Gasteiger partial charge on any atom is -0.487 e. The van der Waals surface area contributed by atoms with Gasteiger partial charge >= 0.3 is 35.5 Å². The lowest BCUT2D eigenvalue weighted by Crippen LogP contribution is -2.43. The number of esters is 4. The normalized spacial score (nSPS) is 24.6. The number of carbonyl (C=O) groups excluding carboxylic acids is 8. The summed E-state index contributed by atoms with van der Waals surface area (Å²) in [6.45, 7) is 19.6. The Morgan fingerprint density at radius 1 is 0.774 bits per heavy atom. The molecule has 0 spiro atoms. The van der Waals surface area contributed by atoms with Crippen molar-refractivity contribution >= 4 is 47.0 Å². The van der Waals surface area contributed by atoms with Crippen molar-refractivity contribution in [2.75, 3.05) is 13.2 Å². The zero-order valence-corrected chi connectivity index (χ0v) is 32.8. The Labute approximate surface area is 310 Å². The van der Waals surface area contributed by atoms with Crippen LogP contribution in [-0.4, -0.2) is 83.7 Å². The largest absolute Gasteiger partial charge is 0.487 e. The number of hydrogen-bond donors (Lipinski definition) is 0. The standard InChI is InChI=1S/C12H16O6.C9H12O4.C9H16O4.C7H10O2/c1-4-9-10(14)18-12(17-9,7-6-8(3)13)11(15)16-5-2;1-4-7-8(11)13-9(5-2,12-7)6(3)10;1-5-9(7(3)10,12-6-2)13-8(4)11;1-3-7-6(8)4-5(2)9-7/h4H,5-7H2,1-3H3;4H,5H2,1-3H3;5-6H2,1-4H3;3,5H,4H2,1-2H3/b9-4-;7-4-;;7-3-. The zero-order chi connectivity index (χ0) is 41.2. The van der Waals surface area contributed by atoms with Crippen molar-refractivity contribution in [3.63, 3.8) is 0 Å². The highest BCUT2D eigenvalue weighted by atomic mass is 16.8. The highest BCUT2D eigenvalue weighted by Gasteiger charge is 2.53. The molecule has 0 bridgehead atoms. The molecule has 3 heterocycles. The summed E-state index contributed by atoms with van der Waals surface area (Å²) in [4.78, 5) is 89.4. The van der Waals surface area contributed by atoms with Crippen molar-refractivity contribution in [2.45, 2.75) is 139 Å². The van der Waals surface area contributed by atoms with Gasteiger partial charge in [-0.2, -0.15) is 0 Å². The second-order valence-electron chi connectivity index (χ2n) is 11.5. The van der Waals surface area contributed by atoms with Crippen molar-refractivity contribution in [1.82, 2.24) is 0 Å². The van der Waals surface area contributed by atoms with Gasteiger partial charge in [0.25, 0.3) is 5.79 Å². The summed E-state index contributed by atoms with van der Waals surface area (Å²) in [6, 6.07) is 0. The fourth-order valence-electron chi connectivity index (χ4n) is 4.65. The molecule has 3 fully saturated rings. The van der Waals surface area contributed by atoms with Gasteiger partial charge in [-0.25, -0.2) is 14.4 Å². The summed E-state index contributed by atoms with van der Waals surface area (Å²) >= 11 is 0. The Morgan fingerprint density at radius 2 is 1.28 bits per heavy atom. The molecule has 16 nitrogen and oxygen atoms in total. The highest BCUT2D eigenvalue weighted by Crippen LogP contribution is 2.33. The van der Waals surface area contributed by atoms with E-state index in [-0.39, 0.29) is 60.2 Å². The van der Waals surface area contributed by atoms with Crippen molar-refractivity contribution in [1.29, 1.82) is 0 Å². The molecule has 16 heteroatoms. The molecule has 4 atom stereocenters. The van der Waals surface area contributed by atoms with Gasteiger partial charge in [-0.15, -0.1) is 0 Å². The third-order valence-corrected chi connectivity index (χ3v) is 7.41. The van der Waals surface area contributed by atoms with E-state index in [2.05, 4.69) is 0 Å². The molecule has 0 saturated carbocycles. The molecule has 0 radical (unpaired) electrons. The van der Waals surface area contributed by atoms with Gasteiger partial charge in [0.15, 0.2) is 5.76 Å². The van der Waals surface area contributed by atoms with Crippen molar-refractivity contribution in [3.8, 4) is 0 Å². The van der Waals surface area contributed by atoms with Gasteiger partial charge < -0.3 is 42.7 Å². The van der Waals surface area contributed by atoms with Gasteiger partial charge in [-0.3, -0.25) is 19.2 Å². The fraction of sp³-hybridized carbons (Fsp3) is 0.622. The summed E-state index contributed by atoms with van der Waals surface area (Å²) in [7, 11) is 0. The Bertz CT molecular complexity index is 1460. The second-order valence-corrected chi connectivity index (χ2v) is 11.5. The highest BCUT2D eigenvalue weighted by molar-refractivity contribution is 5.96. The average Bonchev–Trinajstić information content (AvgIpc) is 3.75. The number of hydrogen-bond acceptors (Lipinski definition) is 16. The Hall–Kier alpha value is -4.86. The first-order chi connectivity index (χ1) is 24.7. The van der Waals surface area contributed by atoms with Gasteiger partial charge in [0, 0.05) is 53.1 Å². The van der Waals surface area contributed by atoms with Crippen molar-refractivity contribution < 1.29 is 76.3 Å². The summed E-state index contributed by atoms with van der Waals surface area (Å²) in [5.74, 6) is -7.16. The average molecular weight is 755 g/mol. The first-order valence-electron chi connectivity index (χ1n) is 17.3. The quantitative estimate of drug-likeness (QED) is 0.113. The lowest BCUT2D eigenvalue weighted by Gasteiger charge is -2.28. The van der Waals surface area contributed by atoms with Crippen LogP contribution in [0.3, 0.4) is 0 Å². The predicted molar refractivity (Wildman–Crippen MR) is 186 cm³/mol. The first kappa shape index (κ1) is 48.1. The van der Waals surface area contributed by atoms with E-state index in [1.807, 2.05) is 13.8 Å². The van der Waals surface area contributed by atoms with Crippen molar-refractivity contribution in [3.05, 3.63) is 35.5 Å². The molecule has 0 N–H and O–H groups in total. The maximum atomic E-state index is 11.8. The molecular weight excluding hydrogens is 700 g/mol. The van der Waals surface area contributed by atoms with E-state index in [1.165, 1.54) is 39.8 Å². The van der Waals surface area contributed by atoms with Gasteiger partial charge in [0.1, 0.15) is 11.9 Å². The maximum absolute atomic E-state index is 11.8. The number of allylic oxidation sites excluding steroid dienone is 4. The van der Waals surface area contributed by atoms with Crippen LogP contribution in [0.2, 0.25) is 0 Å². The number of Topliss-reactive ketones (excluding diaryl/α,β-unsaturated/α-hetero) is 4. The van der Waals surface area contributed by atoms with Crippen LogP contribution in [0.5, 0.6) is 0 Å². The number of rotatable bonds is 12. The fourth-order valence-corrected chi connectivity index (χ4v) is 4.65. The number of ether oxygens (including phenoxy) is 8. The molecule has 0 aromatic carbocycles. The van der Waals surface area contributed by atoms with E-state index in [4.69, 9.17) is 37.9 Å². The van der Waals surface area contributed by atoms with Crippen LogP contribution < -0.4 is 0 Å². The van der Waals surface area contributed by atoms with Crippen LogP contribution in [0, 0.1) is 0 Å². The monoisotopic (exact) mass is 754 g/mol. The Kier molecular flexibility index (Phi) is 20.2. The molecule has 53 heavy (non-hydrogen) atoms. The van der Waals surface area contributed by atoms with E-state index in [0.29, 0.717) is 31.6 Å². The van der Waals surface area contributed by atoms with E-state index < -0.39 is 41.2 Å². The number of ketones is 4. The molecule has 0 amide bonds. The maximum Gasteiger partial charge on any atom is 0.392 e. The number of carbonyl (C=O) groups is 8. The smallest absolute Gasteiger partial charge is 0.392 e. The molecule has 0 aromatic heterocycles. The molecule has 0 aromatic rings.